The first-order valence-corrected chi connectivity index (χ1v) is 8.90. The van der Waals surface area contributed by atoms with Gasteiger partial charge >= 0.3 is 0 Å². The highest BCUT2D eigenvalue weighted by Crippen LogP contribution is 2.44. The highest BCUT2D eigenvalue weighted by molar-refractivity contribution is 5.91. The molecule has 7 heteroatoms. The number of hydrogen-bond acceptors (Lipinski definition) is 6. The summed E-state index contributed by atoms with van der Waals surface area (Å²) in [6.07, 6.45) is 7.58. The van der Waals surface area contributed by atoms with Crippen LogP contribution in [0, 0.1) is 0 Å². The third-order valence-electron chi connectivity index (χ3n) is 4.60. The maximum atomic E-state index is 6.11. The van der Waals surface area contributed by atoms with Crippen LogP contribution in [0.2, 0.25) is 0 Å². The molecular formula is C20H18N6O. The van der Waals surface area contributed by atoms with Crippen molar-refractivity contribution in [1.82, 2.24) is 24.7 Å². The number of benzene rings is 1. The van der Waals surface area contributed by atoms with Gasteiger partial charge in [-0.2, -0.15) is 5.10 Å². The Bertz CT molecular complexity index is 1120. The molecular weight excluding hydrogens is 340 g/mol. The summed E-state index contributed by atoms with van der Waals surface area (Å²) in [4.78, 5) is 13.1. The lowest BCUT2D eigenvalue weighted by atomic mass is 10.2. The molecule has 3 heterocycles. The van der Waals surface area contributed by atoms with E-state index in [4.69, 9.17) is 4.74 Å². The zero-order valence-electron chi connectivity index (χ0n) is 14.8. The maximum absolute atomic E-state index is 6.11. The fraction of sp³-hybridized carbons (Fsp3) is 0.200. The molecule has 0 radical (unpaired) electrons. The fourth-order valence-electron chi connectivity index (χ4n) is 3.11. The van der Waals surface area contributed by atoms with Crippen molar-refractivity contribution in [1.29, 1.82) is 0 Å². The van der Waals surface area contributed by atoms with Gasteiger partial charge < -0.3 is 10.1 Å². The van der Waals surface area contributed by atoms with Crippen molar-refractivity contribution >= 4 is 22.5 Å². The Morgan fingerprint density at radius 1 is 1.11 bits per heavy atom. The van der Waals surface area contributed by atoms with Crippen LogP contribution in [-0.2, 0) is 7.05 Å². The normalized spacial score (nSPS) is 13.7. The summed E-state index contributed by atoms with van der Waals surface area (Å²) in [6.45, 7) is 0. The molecule has 4 aromatic rings. The lowest BCUT2D eigenvalue weighted by Crippen LogP contribution is -1.98. The van der Waals surface area contributed by atoms with E-state index in [0.717, 1.165) is 16.7 Å². The second-order valence-electron chi connectivity index (χ2n) is 6.67. The minimum absolute atomic E-state index is 0.568. The van der Waals surface area contributed by atoms with Gasteiger partial charge in [0.1, 0.15) is 17.9 Å². The number of nitrogens with one attached hydrogen (secondary N) is 1. The van der Waals surface area contributed by atoms with Crippen LogP contribution in [0.15, 0.2) is 55.1 Å². The summed E-state index contributed by atoms with van der Waals surface area (Å²) in [5.41, 5.74) is 2.01. The van der Waals surface area contributed by atoms with Crippen molar-refractivity contribution < 1.29 is 4.74 Å². The Morgan fingerprint density at radius 3 is 2.85 bits per heavy atom. The smallest absolute Gasteiger partial charge is 0.222 e. The topological polar surface area (TPSA) is 77.8 Å². The van der Waals surface area contributed by atoms with Crippen LogP contribution < -0.4 is 10.1 Å². The molecule has 0 spiro atoms. The van der Waals surface area contributed by atoms with E-state index in [0.29, 0.717) is 23.4 Å². The Morgan fingerprint density at radius 2 is 2.04 bits per heavy atom. The number of anilines is 2. The van der Waals surface area contributed by atoms with Gasteiger partial charge in [-0.3, -0.25) is 4.68 Å². The maximum Gasteiger partial charge on any atom is 0.222 e. The summed E-state index contributed by atoms with van der Waals surface area (Å²) in [7, 11) is 1.87. The summed E-state index contributed by atoms with van der Waals surface area (Å²) >= 11 is 0. The minimum Gasteiger partial charge on any atom is -0.439 e. The van der Waals surface area contributed by atoms with Gasteiger partial charge in [-0.15, -0.1) is 0 Å². The van der Waals surface area contributed by atoms with Gasteiger partial charge in [0.05, 0.1) is 5.52 Å². The van der Waals surface area contributed by atoms with E-state index >= 15 is 0 Å². The van der Waals surface area contributed by atoms with E-state index in [1.807, 2.05) is 43.6 Å². The number of aromatic nitrogens is 5. The van der Waals surface area contributed by atoms with Crippen molar-refractivity contribution in [2.45, 2.75) is 18.8 Å². The Labute approximate surface area is 156 Å². The third kappa shape index (κ3) is 3.19. The Kier molecular flexibility index (Phi) is 3.71. The molecule has 1 aromatic carbocycles. The van der Waals surface area contributed by atoms with Crippen LogP contribution in [0.3, 0.4) is 0 Å². The number of aryl methyl sites for hydroxylation is 1. The molecule has 1 fully saturated rings. The van der Waals surface area contributed by atoms with E-state index in [-0.39, 0.29) is 0 Å². The Balaban J connectivity index is 1.50. The summed E-state index contributed by atoms with van der Waals surface area (Å²) < 4.78 is 7.85. The van der Waals surface area contributed by atoms with Gasteiger partial charge in [0.2, 0.25) is 5.88 Å². The monoisotopic (exact) mass is 358 g/mol. The standard InChI is InChI=1S/C20H18N6O/c1-26-10-8-18(25-26)24-19-16-11-14(6-7-17(16)22-12-23-19)27-20-15(13-4-5-13)3-2-9-21-20/h2-3,6-13H,4-5H2,1H3,(H,22,23,24,25). The van der Waals surface area contributed by atoms with Gasteiger partial charge in [0, 0.05) is 36.5 Å². The van der Waals surface area contributed by atoms with Crippen LogP contribution in [0.1, 0.15) is 24.3 Å². The molecule has 0 atom stereocenters. The molecule has 1 aliphatic rings. The SMILES string of the molecule is Cn1ccc(Nc2ncnc3ccc(Oc4ncccc4C4CC4)cc23)n1. The fourth-order valence-corrected chi connectivity index (χ4v) is 3.11. The van der Waals surface area contributed by atoms with Crippen LogP contribution in [-0.4, -0.2) is 24.7 Å². The van der Waals surface area contributed by atoms with Crippen LogP contribution in [0.25, 0.3) is 10.9 Å². The van der Waals surface area contributed by atoms with Gasteiger partial charge in [0.25, 0.3) is 0 Å². The van der Waals surface area contributed by atoms with Crippen LogP contribution in [0.4, 0.5) is 11.6 Å². The predicted octanol–water partition coefficient (Wildman–Crippen LogP) is 4.17. The molecule has 1 saturated carbocycles. The molecule has 0 saturated heterocycles. The van der Waals surface area contributed by atoms with Crippen molar-refractivity contribution in [2.75, 3.05) is 5.32 Å². The second-order valence-corrected chi connectivity index (χ2v) is 6.67. The van der Waals surface area contributed by atoms with Crippen molar-refractivity contribution in [3.63, 3.8) is 0 Å². The van der Waals surface area contributed by atoms with Gasteiger partial charge in [-0.25, -0.2) is 15.0 Å². The summed E-state index contributed by atoms with van der Waals surface area (Å²) in [6, 6.07) is 11.7. The van der Waals surface area contributed by atoms with Gasteiger partial charge in [-0.05, 0) is 43.0 Å². The van der Waals surface area contributed by atoms with E-state index in [9.17, 15) is 0 Å². The van der Waals surface area contributed by atoms with Gasteiger partial charge in [0.15, 0.2) is 5.82 Å². The zero-order chi connectivity index (χ0) is 18.2. The quantitative estimate of drug-likeness (QED) is 0.577. The highest BCUT2D eigenvalue weighted by Gasteiger charge is 2.27. The first kappa shape index (κ1) is 15.7. The third-order valence-corrected chi connectivity index (χ3v) is 4.60. The van der Waals surface area contributed by atoms with Crippen molar-refractivity contribution in [2.24, 2.45) is 7.05 Å². The second kappa shape index (κ2) is 6.35. The molecule has 27 heavy (non-hydrogen) atoms. The predicted molar refractivity (Wildman–Crippen MR) is 102 cm³/mol. The molecule has 5 rings (SSSR count). The number of hydrogen-bond donors (Lipinski definition) is 1. The molecule has 1 N–H and O–H groups in total. The molecule has 0 amide bonds. The van der Waals surface area contributed by atoms with Crippen LogP contribution >= 0.6 is 0 Å². The largest absolute Gasteiger partial charge is 0.439 e. The zero-order valence-corrected chi connectivity index (χ0v) is 14.8. The number of rotatable bonds is 5. The molecule has 7 nitrogen and oxygen atoms in total. The molecule has 0 bridgehead atoms. The summed E-state index contributed by atoms with van der Waals surface area (Å²) in [5.74, 6) is 3.37. The minimum atomic E-state index is 0.568. The molecule has 3 aromatic heterocycles. The number of nitrogens with zero attached hydrogens (tertiary/aromatic N) is 5. The number of fused-ring (bicyclic) bond motifs is 1. The lowest BCUT2D eigenvalue weighted by Gasteiger charge is -2.11. The molecule has 134 valence electrons. The Hall–Kier alpha value is -3.48. The lowest BCUT2D eigenvalue weighted by molar-refractivity contribution is 0.457. The number of ether oxygens (including phenoxy) is 1. The molecule has 0 aliphatic heterocycles. The van der Waals surface area contributed by atoms with E-state index in [1.165, 1.54) is 24.7 Å². The average Bonchev–Trinajstić information content (AvgIpc) is 3.45. The average molecular weight is 358 g/mol. The first-order chi connectivity index (χ1) is 13.3. The van der Waals surface area contributed by atoms with E-state index < -0.39 is 0 Å². The number of pyridine rings is 1. The molecule has 0 unspecified atom stereocenters. The highest BCUT2D eigenvalue weighted by atomic mass is 16.5. The van der Waals surface area contributed by atoms with Gasteiger partial charge in [-0.1, -0.05) is 6.07 Å². The molecule has 1 aliphatic carbocycles. The van der Waals surface area contributed by atoms with Crippen LogP contribution in [0.5, 0.6) is 11.6 Å². The van der Waals surface area contributed by atoms with E-state index in [1.54, 1.807) is 10.9 Å². The van der Waals surface area contributed by atoms with Crippen molar-refractivity contribution in [3.8, 4) is 11.6 Å². The summed E-state index contributed by atoms with van der Waals surface area (Å²) in [5, 5.41) is 8.45. The first-order valence-electron chi connectivity index (χ1n) is 8.90. The van der Waals surface area contributed by atoms with E-state index in [2.05, 4.69) is 31.4 Å². The van der Waals surface area contributed by atoms with Crippen molar-refractivity contribution in [3.05, 3.63) is 60.7 Å².